The van der Waals surface area contributed by atoms with E-state index in [-0.39, 0.29) is 5.78 Å². The normalized spacial score (nSPS) is 13.3. The predicted molar refractivity (Wildman–Crippen MR) is 86.7 cm³/mol. The van der Waals surface area contributed by atoms with Gasteiger partial charge in [-0.05, 0) is 36.2 Å². The average Bonchev–Trinajstić information content (AvgIpc) is 2.83. The molecular weight excluding hydrogens is 324 g/mol. The Morgan fingerprint density at radius 1 is 1.09 bits per heavy atom. The van der Waals surface area contributed by atoms with Crippen molar-refractivity contribution < 1.29 is 13.6 Å². The average molecular weight is 337 g/mol. The number of carbonyl (C=O) groups excluding carboxylic acids is 1. The standard InChI is InChI=1S/C16H13F2NOS2/c1-21-19-13-6-9-2-4-14(20)11(9)8-16(13)22-15-5-3-10(17)7-12(15)18/h3,5-8,19H,2,4H2,1H3. The number of aryl methyl sites for hydroxylation is 1. The Morgan fingerprint density at radius 2 is 1.91 bits per heavy atom. The number of hydrogen-bond acceptors (Lipinski definition) is 4. The van der Waals surface area contributed by atoms with Crippen LogP contribution in [0.1, 0.15) is 22.3 Å². The van der Waals surface area contributed by atoms with E-state index in [2.05, 4.69) is 4.72 Å². The maximum Gasteiger partial charge on any atom is 0.163 e. The molecule has 22 heavy (non-hydrogen) atoms. The first kappa shape index (κ1) is 15.4. The summed E-state index contributed by atoms with van der Waals surface area (Å²) in [7, 11) is 0. The third-order valence-electron chi connectivity index (χ3n) is 3.45. The van der Waals surface area contributed by atoms with Gasteiger partial charge in [0.05, 0.1) is 5.69 Å². The number of hydrogen-bond donors (Lipinski definition) is 1. The number of anilines is 1. The van der Waals surface area contributed by atoms with Crippen LogP contribution < -0.4 is 4.72 Å². The molecular formula is C16H13F2NOS2. The Morgan fingerprint density at radius 3 is 2.64 bits per heavy atom. The van der Waals surface area contributed by atoms with Gasteiger partial charge in [-0.1, -0.05) is 23.7 Å². The van der Waals surface area contributed by atoms with Gasteiger partial charge >= 0.3 is 0 Å². The minimum atomic E-state index is -0.605. The van der Waals surface area contributed by atoms with Crippen molar-refractivity contribution in [1.82, 2.24) is 0 Å². The van der Waals surface area contributed by atoms with Crippen LogP contribution in [-0.4, -0.2) is 12.0 Å². The lowest BCUT2D eigenvalue weighted by atomic mass is 10.1. The lowest BCUT2D eigenvalue weighted by Crippen LogP contribution is -1.96. The van der Waals surface area contributed by atoms with E-state index >= 15 is 0 Å². The second kappa shape index (κ2) is 6.30. The Hall–Kier alpha value is -1.53. The maximum atomic E-state index is 13.9. The van der Waals surface area contributed by atoms with E-state index in [9.17, 15) is 13.6 Å². The molecule has 1 aliphatic carbocycles. The molecule has 0 radical (unpaired) electrons. The highest BCUT2D eigenvalue weighted by atomic mass is 32.2. The largest absolute Gasteiger partial charge is 0.329 e. The Labute approximate surface area is 135 Å². The van der Waals surface area contributed by atoms with E-state index in [4.69, 9.17) is 0 Å². The van der Waals surface area contributed by atoms with Gasteiger partial charge in [0, 0.05) is 34.1 Å². The topological polar surface area (TPSA) is 29.1 Å². The zero-order chi connectivity index (χ0) is 15.7. The van der Waals surface area contributed by atoms with Gasteiger partial charge in [-0.2, -0.15) is 0 Å². The van der Waals surface area contributed by atoms with Gasteiger partial charge in [-0.25, -0.2) is 8.78 Å². The molecule has 0 bridgehead atoms. The fourth-order valence-corrected chi connectivity index (χ4v) is 3.80. The van der Waals surface area contributed by atoms with Crippen LogP contribution in [0, 0.1) is 11.6 Å². The number of nitrogens with one attached hydrogen (secondary N) is 1. The Bertz CT molecular complexity index is 749. The fraction of sp³-hybridized carbons (Fsp3) is 0.188. The van der Waals surface area contributed by atoms with Crippen molar-refractivity contribution in [1.29, 1.82) is 0 Å². The number of ketones is 1. The Balaban J connectivity index is 2.01. The second-order valence-electron chi connectivity index (χ2n) is 4.91. The molecule has 1 aliphatic rings. The van der Waals surface area contributed by atoms with E-state index in [1.165, 1.54) is 35.8 Å². The quantitative estimate of drug-likeness (QED) is 0.801. The molecule has 0 amide bonds. The first-order valence-electron chi connectivity index (χ1n) is 6.70. The number of fused-ring (bicyclic) bond motifs is 1. The molecule has 3 rings (SSSR count). The summed E-state index contributed by atoms with van der Waals surface area (Å²) in [6, 6.07) is 7.25. The first-order chi connectivity index (χ1) is 10.6. The predicted octanol–water partition coefficient (Wildman–Crippen LogP) is 4.93. The molecule has 0 fully saturated rings. The highest BCUT2D eigenvalue weighted by Gasteiger charge is 2.22. The van der Waals surface area contributed by atoms with Gasteiger partial charge in [0.25, 0.3) is 0 Å². The molecule has 0 unspecified atom stereocenters. The van der Waals surface area contributed by atoms with Crippen LogP contribution in [0.5, 0.6) is 0 Å². The van der Waals surface area contributed by atoms with Crippen LogP contribution in [0.3, 0.4) is 0 Å². The monoisotopic (exact) mass is 337 g/mol. The van der Waals surface area contributed by atoms with E-state index in [0.717, 1.165) is 28.6 Å². The third kappa shape index (κ3) is 2.98. The van der Waals surface area contributed by atoms with Gasteiger partial charge < -0.3 is 4.72 Å². The summed E-state index contributed by atoms with van der Waals surface area (Å²) >= 11 is 2.62. The zero-order valence-electron chi connectivity index (χ0n) is 11.8. The molecule has 0 saturated carbocycles. The molecule has 114 valence electrons. The summed E-state index contributed by atoms with van der Waals surface area (Å²) in [5, 5.41) is 0. The SMILES string of the molecule is CSNc1cc2c(cc1Sc1ccc(F)cc1F)C(=O)CC2. The summed E-state index contributed by atoms with van der Waals surface area (Å²) in [5.74, 6) is -1.09. The fourth-order valence-electron chi connectivity index (χ4n) is 2.42. The molecule has 0 heterocycles. The van der Waals surface area contributed by atoms with Gasteiger partial charge in [-0.15, -0.1) is 0 Å². The summed E-state index contributed by atoms with van der Waals surface area (Å²) < 4.78 is 30.0. The molecule has 6 heteroatoms. The minimum absolute atomic E-state index is 0.118. The van der Waals surface area contributed by atoms with Crippen LogP contribution in [0.4, 0.5) is 14.5 Å². The highest BCUT2D eigenvalue weighted by molar-refractivity contribution is 8.00. The molecule has 0 aromatic heterocycles. The molecule has 2 aromatic rings. The van der Waals surface area contributed by atoms with E-state index < -0.39 is 11.6 Å². The van der Waals surface area contributed by atoms with Crippen LogP contribution >= 0.6 is 23.7 Å². The summed E-state index contributed by atoms with van der Waals surface area (Å²) in [5.41, 5.74) is 2.57. The maximum absolute atomic E-state index is 13.9. The number of Topliss-reactive ketones (excluding diaryl/α,β-unsaturated/α-hetero) is 1. The summed E-state index contributed by atoms with van der Waals surface area (Å²) in [6.07, 6.45) is 3.16. The zero-order valence-corrected chi connectivity index (χ0v) is 13.4. The third-order valence-corrected chi connectivity index (χ3v) is 4.99. The van der Waals surface area contributed by atoms with Crippen molar-refractivity contribution in [2.45, 2.75) is 22.6 Å². The van der Waals surface area contributed by atoms with Gasteiger partial charge in [0.2, 0.25) is 0 Å². The molecule has 0 saturated heterocycles. The molecule has 1 N–H and O–H groups in total. The van der Waals surface area contributed by atoms with Crippen LogP contribution in [-0.2, 0) is 6.42 Å². The first-order valence-corrected chi connectivity index (χ1v) is 8.74. The van der Waals surface area contributed by atoms with Crippen molar-refractivity contribution in [3.63, 3.8) is 0 Å². The number of halogens is 2. The molecule has 0 atom stereocenters. The van der Waals surface area contributed by atoms with Gasteiger partial charge in [-0.3, -0.25) is 4.79 Å². The number of rotatable bonds is 4. The molecule has 0 spiro atoms. The summed E-state index contributed by atoms with van der Waals surface area (Å²) in [6.45, 7) is 0. The van der Waals surface area contributed by atoms with Crippen LogP contribution in [0.25, 0.3) is 0 Å². The van der Waals surface area contributed by atoms with E-state index in [0.29, 0.717) is 16.9 Å². The molecule has 2 aromatic carbocycles. The van der Waals surface area contributed by atoms with Crippen molar-refractivity contribution in [2.24, 2.45) is 0 Å². The van der Waals surface area contributed by atoms with Crippen LogP contribution in [0.2, 0.25) is 0 Å². The van der Waals surface area contributed by atoms with E-state index in [1.54, 1.807) is 6.07 Å². The molecule has 0 aliphatic heterocycles. The molecule has 2 nitrogen and oxygen atoms in total. The lowest BCUT2D eigenvalue weighted by molar-refractivity contribution is 0.0994. The number of benzene rings is 2. The van der Waals surface area contributed by atoms with Crippen molar-refractivity contribution in [3.8, 4) is 0 Å². The van der Waals surface area contributed by atoms with Crippen LogP contribution in [0.15, 0.2) is 40.1 Å². The van der Waals surface area contributed by atoms with Gasteiger partial charge in [0.15, 0.2) is 5.78 Å². The second-order valence-corrected chi connectivity index (χ2v) is 6.61. The smallest absolute Gasteiger partial charge is 0.163 e. The van der Waals surface area contributed by atoms with E-state index in [1.807, 2.05) is 12.3 Å². The summed E-state index contributed by atoms with van der Waals surface area (Å²) in [4.78, 5) is 13.0. The minimum Gasteiger partial charge on any atom is -0.329 e. The Kier molecular flexibility index (Phi) is 4.40. The lowest BCUT2D eigenvalue weighted by Gasteiger charge is -2.12. The van der Waals surface area contributed by atoms with Crippen molar-refractivity contribution >= 4 is 35.2 Å². The van der Waals surface area contributed by atoms with Gasteiger partial charge in [0.1, 0.15) is 11.6 Å². The van der Waals surface area contributed by atoms with Crippen molar-refractivity contribution in [3.05, 3.63) is 53.1 Å². The van der Waals surface area contributed by atoms with Crippen molar-refractivity contribution in [2.75, 3.05) is 11.0 Å². The number of carbonyl (C=O) groups is 1. The highest BCUT2D eigenvalue weighted by Crippen LogP contribution is 2.39.